The molecule has 2 rings (SSSR count). The van der Waals surface area contributed by atoms with Crippen LogP contribution in [0.15, 0.2) is 24.3 Å². The molecule has 0 atom stereocenters. The zero-order valence-electron chi connectivity index (χ0n) is 16.2. The molecule has 0 radical (unpaired) electrons. The van der Waals surface area contributed by atoms with Gasteiger partial charge in [0, 0.05) is 18.2 Å². The van der Waals surface area contributed by atoms with E-state index in [9.17, 15) is 9.59 Å². The minimum Gasteiger partial charge on any atom is -0.491 e. The number of hydrogen-bond acceptors (Lipinski definition) is 4. The van der Waals surface area contributed by atoms with Crippen molar-refractivity contribution < 1.29 is 19.1 Å². The number of benzene rings is 1. The molecule has 0 saturated heterocycles. The summed E-state index contributed by atoms with van der Waals surface area (Å²) in [6.45, 7) is 4.35. The lowest BCUT2D eigenvalue weighted by Crippen LogP contribution is -2.41. The minimum atomic E-state index is -0.280. The summed E-state index contributed by atoms with van der Waals surface area (Å²) in [6, 6.07) is 7.47. The van der Waals surface area contributed by atoms with E-state index in [0.717, 1.165) is 31.4 Å². The van der Waals surface area contributed by atoms with Crippen molar-refractivity contribution in [3.8, 4) is 5.75 Å². The second kappa shape index (κ2) is 10.2. The summed E-state index contributed by atoms with van der Waals surface area (Å²) in [5, 5.41) is 0. The molecular formula is C21H31NO4. The van der Waals surface area contributed by atoms with Gasteiger partial charge in [0.1, 0.15) is 5.75 Å². The van der Waals surface area contributed by atoms with Crippen molar-refractivity contribution in [2.45, 2.75) is 70.9 Å². The Kier molecular flexibility index (Phi) is 7.95. The molecule has 26 heavy (non-hydrogen) atoms. The van der Waals surface area contributed by atoms with Gasteiger partial charge in [0.25, 0.3) is 5.91 Å². The van der Waals surface area contributed by atoms with Gasteiger partial charge in [0.15, 0.2) is 0 Å². The number of esters is 1. The van der Waals surface area contributed by atoms with Gasteiger partial charge in [-0.25, -0.2) is 0 Å². The molecular weight excluding hydrogens is 330 g/mol. The molecule has 0 aliphatic heterocycles. The lowest BCUT2D eigenvalue weighted by atomic mass is 10.0. The van der Waals surface area contributed by atoms with Crippen LogP contribution in [0.3, 0.4) is 0 Å². The fraction of sp³-hybridized carbons (Fsp3) is 0.619. The fourth-order valence-electron chi connectivity index (χ4n) is 3.45. The van der Waals surface area contributed by atoms with Crippen molar-refractivity contribution in [3.63, 3.8) is 0 Å². The summed E-state index contributed by atoms with van der Waals surface area (Å²) in [4.78, 5) is 26.6. The summed E-state index contributed by atoms with van der Waals surface area (Å²) >= 11 is 0. The molecule has 1 aromatic carbocycles. The molecule has 0 heterocycles. The fourth-order valence-corrected chi connectivity index (χ4v) is 3.45. The maximum atomic E-state index is 13.1. The Bertz CT molecular complexity index is 574. The van der Waals surface area contributed by atoms with E-state index >= 15 is 0 Å². The first-order valence-electron chi connectivity index (χ1n) is 9.65. The predicted octanol–water partition coefficient (Wildman–Crippen LogP) is 4.20. The molecule has 5 nitrogen and oxygen atoms in total. The number of carbonyl (C=O) groups excluding carboxylic acids is 2. The molecule has 0 spiro atoms. The smallest absolute Gasteiger partial charge is 0.307 e. The number of amides is 1. The van der Waals surface area contributed by atoms with Gasteiger partial charge in [-0.1, -0.05) is 25.7 Å². The van der Waals surface area contributed by atoms with Crippen LogP contribution in [0.4, 0.5) is 0 Å². The molecule has 1 saturated carbocycles. The van der Waals surface area contributed by atoms with Gasteiger partial charge < -0.3 is 14.4 Å². The first-order valence-corrected chi connectivity index (χ1v) is 9.65. The van der Waals surface area contributed by atoms with Gasteiger partial charge in [0.05, 0.1) is 19.6 Å². The highest BCUT2D eigenvalue weighted by Gasteiger charge is 2.26. The van der Waals surface area contributed by atoms with Crippen LogP contribution in [0.5, 0.6) is 5.75 Å². The first-order chi connectivity index (χ1) is 12.5. The molecule has 1 aromatic rings. The van der Waals surface area contributed by atoms with Crippen LogP contribution >= 0.6 is 0 Å². The van der Waals surface area contributed by atoms with Gasteiger partial charge >= 0.3 is 5.97 Å². The van der Waals surface area contributed by atoms with Crippen molar-refractivity contribution in [1.82, 2.24) is 4.90 Å². The molecule has 0 aromatic heterocycles. The Morgan fingerprint density at radius 2 is 1.69 bits per heavy atom. The van der Waals surface area contributed by atoms with Crippen molar-refractivity contribution in [1.29, 1.82) is 0 Å². The number of carbonyl (C=O) groups is 2. The average molecular weight is 361 g/mol. The van der Waals surface area contributed by atoms with E-state index < -0.39 is 0 Å². The third-order valence-corrected chi connectivity index (χ3v) is 4.78. The van der Waals surface area contributed by atoms with Gasteiger partial charge in [-0.05, 0) is 51.0 Å². The quantitative estimate of drug-likeness (QED) is 0.539. The predicted molar refractivity (Wildman–Crippen MR) is 101 cm³/mol. The number of nitrogens with zero attached hydrogens (tertiary/aromatic N) is 1. The molecule has 1 amide bonds. The van der Waals surface area contributed by atoms with E-state index in [0.29, 0.717) is 12.1 Å². The maximum Gasteiger partial charge on any atom is 0.307 e. The van der Waals surface area contributed by atoms with E-state index in [1.165, 1.54) is 20.0 Å². The standard InChI is InChI=1S/C21H31NO4/c1-16(2)26-19-12-10-17(11-13-19)21(24)22(15-14-20(23)25-3)18-8-6-4-5-7-9-18/h10-13,16,18H,4-9,14-15H2,1-3H3. The van der Waals surface area contributed by atoms with Gasteiger partial charge in [-0.2, -0.15) is 0 Å². The average Bonchev–Trinajstić information content (AvgIpc) is 2.91. The topological polar surface area (TPSA) is 55.8 Å². The van der Waals surface area contributed by atoms with Gasteiger partial charge in [0.2, 0.25) is 0 Å². The highest BCUT2D eigenvalue weighted by atomic mass is 16.5. The van der Waals surface area contributed by atoms with Crippen LogP contribution in [0.2, 0.25) is 0 Å². The highest BCUT2D eigenvalue weighted by Crippen LogP contribution is 2.24. The second-order valence-electron chi connectivity index (χ2n) is 7.16. The molecule has 144 valence electrons. The van der Waals surface area contributed by atoms with E-state index in [4.69, 9.17) is 9.47 Å². The van der Waals surface area contributed by atoms with Crippen molar-refractivity contribution in [3.05, 3.63) is 29.8 Å². The molecule has 0 N–H and O–H groups in total. The van der Waals surface area contributed by atoms with Crippen LogP contribution in [0.1, 0.15) is 69.2 Å². The van der Waals surface area contributed by atoms with Crippen LogP contribution in [0, 0.1) is 0 Å². The maximum absolute atomic E-state index is 13.1. The van der Waals surface area contributed by atoms with E-state index in [1.54, 1.807) is 0 Å². The Balaban J connectivity index is 2.13. The second-order valence-corrected chi connectivity index (χ2v) is 7.16. The number of methoxy groups -OCH3 is 1. The summed E-state index contributed by atoms with van der Waals surface area (Å²) in [5.41, 5.74) is 0.634. The molecule has 5 heteroatoms. The van der Waals surface area contributed by atoms with Gasteiger partial charge in [-0.15, -0.1) is 0 Å². The summed E-state index contributed by atoms with van der Waals surface area (Å²) in [7, 11) is 1.38. The summed E-state index contributed by atoms with van der Waals surface area (Å²) in [6.07, 6.45) is 7.03. The van der Waals surface area contributed by atoms with Crippen LogP contribution < -0.4 is 4.74 Å². The SMILES string of the molecule is COC(=O)CCN(C(=O)c1ccc(OC(C)C)cc1)C1CCCCCC1. The molecule has 1 fully saturated rings. The molecule has 1 aliphatic carbocycles. The molecule has 0 bridgehead atoms. The highest BCUT2D eigenvalue weighted by molar-refractivity contribution is 5.94. The third-order valence-electron chi connectivity index (χ3n) is 4.78. The van der Waals surface area contributed by atoms with Crippen LogP contribution in [0.25, 0.3) is 0 Å². The van der Waals surface area contributed by atoms with E-state index in [2.05, 4.69) is 0 Å². The van der Waals surface area contributed by atoms with Crippen molar-refractivity contribution in [2.24, 2.45) is 0 Å². The zero-order valence-corrected chi connectivity index (χ0v) is 16.2. The minimum absolute atomic E-state index is 0.0168. The van der Waals surface area contributed by atoms with E-state index in [1.807, 2.05) is 43.0 Å². The Labute approximate surface area is 156 Å². The number of ether oxygens (including phenoxy) is 2. The monoisotopic (exact) mass is 361 g/mol. The third kappa shape index (κ3) is 6.04. The summed E-state index contributed by atoms with van der Waals surface area (Å²) in [5.74, 6) is 0.459. The van der Waals surface area contributed by atoms with Crippen LogP contribution in [-0.4, -0.2) is 42.6 Å². The first kappa shape index (κ1) is 20.3. The Morgan fingerprint density at radius 3 is 2.23 bits per heavy atom. The Hall–Kier alpha value is -2.04. The van der Waals surface area contributed by atoms with E-state index in [-0.39, 0.29) is 30.4 Å². The van der Waals surface area contributed by atoms with Crippen molar-refractivity contribution >= 4 is 11.9 Å². The molecule has 0 unspecified atom stereocenters. The number of rotatable bonds is 7. The lowest BCUT2D eigenvalue weighted by molar-refractivity contribution is -0.140. The number of hydrogen-bond donors (Lipinski definition) is 0. The van der Waals surface area contributed by atoms with Crippen molar-refractivity contribution in [2.75, 3.05) is 13.7 Å². The van der Waals surface area contributed by atoms with Gasteiger partial charge in [-0.3, -0.25) is 9.59 Å². The largest absolute Gasteiger partial charge is 0.491 e. The lowest BCUT2D eigenvalue weighted by Gasteiger charge is -2.31. The van der Waals surface area contributed by atoms with Crippen LogP contribution in [-0.2, 0) is 9.53 Å². The normalized spacial score (nSPS) is 15.4. The zero-order chi connectivity index (χ0) is 18.9. The summed E-state index contributed by atoms with van der Waals surface area (Å²) < 4.78 is 10.4. The molecule has 1 aliphatic rings. The Morgan fingerprint density at radius 1 is 1.08 bits per heavy atom.